The first-order valence-corrected chi connectivity index (χ1v) is 3.17. The van der Waals surface area contributed by atoms with E-state index in [0.29, 0.717) is 0 Å². The van der Waals surface area contributed by atoms with Crippen molar-refractivity contribution in [2.45, 2.75) is 6.92 Å². The average molecular weight is 135 g/mol. The second kappa shape index (κ2) is 3.41. The highest BCUT2D eigenvalue weighted by molar-refractivity contribution is 8.21. The lowest BCUT2D eigenvalue weighted by Gasteiger charge is -2.03. The van der Waals surface area contributed by atoms with Gasteiger partial charge in [-0.15, -0.1) is 0 Å². The van der Waals surface area contributed by atoms with Crippen molar-refractivity contribution >= 4 is 28.4 Å². The van der Waals surface area contributed by atoms with Gasteiger partial charge in [0.15, 0.2) is 0 Å². The van der Waals surface area contributed by atoms with Gasteiger partial charge in [0.05, 0.1) is 4.20 Å². The van der Waals surface area contributed by atoms with Crippen molar-refractivity contribution in [3.8, 4) is 0 Å². The van der Waals surface area contributed by atoms with E-state index in [9.17, 15) is 0 Å². The van der Waals surface area contributed by atoms with Crippen LogP contribution in [0.1, 0.15) is 6.92 Å². The van der Waals surface area contributed by atoms with Crippen molar-refractivity contribution in [3.05, 3.63) is 0 Å². The van der Waals surface area contributed by atoms with Crippen LogP contribution in [0.4, 0.5) is 0 Å². The first-order chi connectivity index (χ1) is 3.13. The molecule has 0 radical (unpaired) electrons. The van der Waals surface area contributed by atoms with Crippen molar-refractivity contribution in [2.24, 2.45) is 0 Å². The maximum Gasteiger partial charge on any atom is 0.0603 e. The lowest BCUT2D eigenvalue weighted by Crippen LogP contribution is -2.01. The van der Waals surface area contributed by atoms with Crippen molar-refractivity contribution in [2.75, 3.05) is 14.1 Å². The molecule has 0 rings (SSSR count). The molecule has 0 bridgehead atoms. The van der Waals surface area contributed by atoms with Crippen molar-refractivity contribution in [1.82, 2.24) is 4.31 Å². The van der Waals surface area contributed by atoms with Gasteiger partial charge in [-0.1, -0.05) is 12.2 Å². The fourth-order valence-corrected chi connectivity index (χ4v) is 1.22. The van der Waals surface area contributed by atoms with Gasteiger partial charge < -0.3 is 0 Å². The molecule has 42 valence electrons. The molecule has 7 heavy (non-hydrogen) atoms. The van der Waals surface area contributed by atoms with Crippen LogP contribution >= 0.6 is 24.2 Å². The van der Waals surface area contributed by atoms with Gasteiger partial charge >= 0.3 is 0 Å². The van der Waals surface area contributed by atoms with Crippen molar-refractivity contribution in [1.29, 1.82) is 0 Å². The molecule has 0 amide bonds. The first-order valence-electron chi connectivity index (χ1n) is 1.99. The van der Waals surface area contributed by atoms with E-state index in [-0.39, 0.29) is 0 Å². The van der Waals surface area contributed by atoms with Crippen LogP contribution < -0.4 is 0 Å². The van der Waals surface area contributed by atoms with Crippen LogP contribution in [0, 0.1) is 0 Å². The molecule has 0 fully saturated rings. The minimum Gasteiger partial charge on any atom is -0.252 e. The summed E-state index contributed by atoms with van der Waals surface area (Å²) in [5.41, 5.74) is 0. The summed E-state index contributed by atoms with van der Waals surface area (Å²) in [6.45, 7) is 1.92. The Balaban J connectivity index is 3.13. The Morgan fingerprint density at radius 1 is 1.57 bits per heavy atom. The standard InChI is InChI=1S/C4H9NS2/c1-4(6)7-5(2)3/h1-3H3. The van der Waals surface area contributed by atoms with Gasteiger partial charge in [-0.25, -0.2) is 0 Å². The topological polar surface area (TPSA) is 3.24 Å². The highest BCUT2D eigenvalue weighted by atomic mass is 32.2. The summed E-state index contributed by atoms with van der Waals surface area (Å²) in [4.78, 5) is 0. The summed E-state index contributed by atoms with van der Waals surface area (Å²) < 4.78 is 2.94. The van der Waals surface area contributed by atoms with E-state index in [1.165, 1.54) is 0 Å². The lowest BCUT2D eigenvalue weighted by molar-refractivity contribution is 0.710. The minimum absolute atomic E-state index is 0.963. The molecule has 0 aliphatic heterocycles. The van der Waals surface area contributed by atoms with Crippen LogP contribution in [0.3, 0.4) is 0 Å². The molecule has 0 saturated carbocycles. The normalized spacial score (nSPS) is 9.71. The third kappa shape index (κ3) is 6.40. The molecule has 0 N–H and O–H groups in total. The molecule has 0 spiro atoms. The quantitative estimate of drug-likeness (QED) is 0.396. The number of hydrogen-bond acceptors (Lipinski definition) is 3. The molecule has 0 unspecified atom stereocenters. The fourth-order valence-electron chi connectivity index (χ4n) is 0.257. The summed E-state index contributed by atoms with van der Waals surface area (Å²) in [7, 11) is 3.95. The molecule has 0 heterocycles. The van der Waals surface area contributed by atoms with E-state index in [1.807, 2.05) is 25.3 Å². The van der Waals surface area contributed by atoms with Gasteiger partial charge in [-0.3, -0.25) is 4.31 Å². The third-order valence-corrected chi connectivity index (χ3v) is 1.16. The molecule has 0 aromatic carbocycles. The maximum atomic E-state index is 4.79. The molecular formula is C4H9NS2. The summed E-state index contributed by atoms with van der Waals surface area (Å²) in [6.07, 6.45) is 0. The van der Waals surface area contributed by atoms with Gasteiger partial charge in [0.1, 0.15) is 0 Å². The highest BCUT2D eigenvalue weighted by Gasteiger charge is 1.88. The summed E-state index contributed by atoms with van der Waals surface area (Å²) in [5.74, 6) is 0. The van der Waals surface area contributed by atoms with Crippen LogP contribution in [0.5, 0.6) is 0 Å². The molecule has 0 aliphatic carbocycles. The predicted molar refractivity (Wildman–Crippen MR) is 39.6 cm³/mol. The molecule has 0 aromatic rings. The van der Waals surface area contributed by atoms with E-state index in [0.717, 1.165) is 4.20 Å². The number of hydrogen-bond donors (Lipinski definition) is 0. The molecule has 0 aromatic heterocycles. The first kappa shape index (κ1) is 7.40. The predicted octanol–water partition coefficient (Wildman–Crippen LogP) is 1.54. The Morgan fingerprint density at radius 2 is 2.00 bits per heavy atom. The van der Waals surface area contributed by atoms with E-state index >= 15 is 0 Å². The number of nitrogens with zero attached hydrogens (tertiary/aromatic N) is 1. The molecule has 0 aliphatic rings. The molecule has 0 saturated heterocycles. The SMILES string of the molecule is CC(=S)SN(C)C. The van der Waals surface area contributed by atoms with Gasteiger partial charge in [0, 0.05) is 0 Å². The Kier molecular flexibility index (Phi) is 3.60. The molecule has 1 nitrogen and oxygen atoms in total. The van der Waals surface area contributed by atoms with E-state index in [1.54, 1.807) is 11.9 Å². The largest absolute Gasteiger partial charge is 0.252 e. The maximum absolute atomic E-state index is 4.79. The smallest absolute Gasteiger partial charge is 0.0603 e. The number of rotatable bonds is 1. The molecule has 3 heteroatoms. The Bertz CT molecular complexity index is 70.1. The van der Waals surface area contributed by atoms with Crippen molar-refractivity contribution in [3.63, 3.8) is 0 Å². The monoisotopic (exact) mass is 135 g/mol. The van der Waals surface area contributed by atoms with Gasteiger partial charge in [0.2, 0.25) is 0 Å². The zero-order valence-corrected chi connectivity index (χ0v) is 6.40. The van der Waals surface area contributed by atoms with Gasteiger partial charge in [-0.2, -0.15) is 0 Å². The second-order valence-electron chi connectivity index (χ2n) is 1.40. The fraction of sp³-hybridized carbons (Fsp3) is 0.750. The summed E-state index contributed by atoms with van der Waals surface area (Å²) in [6, 6.07) is 0. The molecule has 0 atom stereocenters. The van der Waals surface area contributed by atoms with Crippen molar-refractivity contribution < 1.29 is 0 Å². The number of thiocarbonyl (C=S) groups is 1. The minimum atomic E-state index is 0.963. The lowest BCUT2D eigenvalue weighted by atomic mass is 11.0. The van der Waals surface area contributed by atoms with Crippen LogP contribution in [0.2, 0.25) is 0 Å². The zero-order valence-electron chi connectivity index (χ0n) is 4.76. The van der Waals surface area contributed by atoms with Gasteiger partial charge in [0.25, 0.3) is 0 Å². The van der Waals surface area contributed by atoms with Crippen LogP contribution in [-0.4, -0.2) is 22.6 Å². The highest BCUT2D eigenvalue weighted by Crippen LogP contribution is 2.04. The third-order valence-electron chi connectivity index (χ3n) is 0.311. The molecular weight excluding hydrogens is 126 g/mol. The van der Waals surface area contributed by atoms with E-state index < -0.39 is 0 Å². The van der Waals surface area contributed by atoms with Gasteiger partial charge in [-0.05, 0) is 33.0 Å². The zero-order chi connectivity index (χ0) is 5.86. The average Bonchev–Trinajstić information content (AvgIpc) is 1.27. The van der Waals surface area contributed by atoms with Crippen LogP contribution in [-0.2, 0) is 0 Å². The Labute approximate surface area is 54.2 Å². The van der Waals surface area contributed by atoms with E-state index in [2.05, 4.69) is 0 Å². The van der Waals surface area contributed by atoms with Crippen LogP contribution in [0.15, 0.2) is 0 Å². The second-order valence-corrected chi connectivity index (χ2v) is 3.79. The van der Waals surface area contributed by atoms with Crippen LogP contribution in [0.25, 0.3) is 0 Å². The summed E-state index contributed by atoms with van der Waals surface area (Å²) in [5, 5.41) is 0. The Morgan fingerprint density at radius 3 is 2.00 bits per heavy atom. The Hall–Kier alpha value is 0.400. The summed E-state index contributed by atoms with van der Waals surface area (Å²) >= 11 is 6.37. The van der Waals surface area contributed by atoms with E-state index in [4.69, 9.17) is 12.2 Å².